The minimum atomic E-state index is -7.22. The third-order valence-corrected chi connectivity index (χ3v) is 9.69. The van der Waals surface area contributed by atoms with E-state index in [9.17, 15) is 52.7 Å². The normalized spacial score (nSPS) is 11.6. The van der Waals surface area contributed by atoms with Gasteiger partial charge in [0.2, 0.25) is 0 Å². The third kappa shape index (κ3) is 7.71. The molecule has 328 valence electrons. The summed E-state index contributed by atoms with van der Waals surface area (Å²) in [5.41, 5.74) is -11.5. The van der Waals surface area contributed by atoms with Crippen molar-refractivity contribution in [3.63, 3.8) is 0 Å². The Morgan fingerprint density at radius 2 is 0.597 bits per heavy atom. The first-order valence-corrected chi connectivity index (χ1v) is 17.3. The summed E-state index contributed by atoms with van der Waals surface area (Å²) < 4.78 is 296. The molecule has 5 aromatic carbocycles. The van der Waals surface area contributed by atoms with Crippen LogP contribution in [0.2, 0.25) is 0 Å². The Morgan fingerprint density at radius 1 is 0.339 bits per heavy atom. The Morgan fingerprint density at radius 3 is 0.855 bits per heavy atom. The second-order valence-electron chi connectivity index (χ2n) is 13.3. The van der Waals surface area contributed by atoms with Crippen molar-refractivity contribution in [1.29, 1.82) is 0 Å². The van der Waals surface area contributed by atoms with Gasteiger partial charge in [-0.25, -0.2) is 92.4 Å². The van der Waals surface area contributed by atoms with E-state index in [2.05, 4.69) is 66.3 Å². The highest BCUT2D eigenvalue weighted by molar-refractivity contribution is 7.20. The molecular weight excluding hydrogens is 885 g/mol. The fourth-order valence-electron chi connectivity index (χ4n) is 6.81. The molecule has 0 saturated heterocycles. The molecule has 0 aliphatic rings. The number of hydrogen-bond donors (Lipinski definition) is 0. The first-order valence-electron chi connectivity index (χ1n) is 17.3. The summed E-state index contributed by atoms with van der Waals surface area (Å²) in [5, 5.41) is 0. The van der Waals surface area contributed by atoms with Crippen molar-refractivity contribution in [3.8, 4) is 0 Å². The first kappa shape index (κ1) is 47.0. The Kier molecular flexibility index (Phi) is 13.7. The van der Waals surface area contributed by atoms with E-state index in [0.717, 1.165) is 6.54 Å². The van der Waals surface area contributed by atoms with Crippen LogP contribution in [0.1, 0.15) is 30.9 Å². The molecule has 0 spiro atoms. The molecule has 1 aromatic heterocycles. The number of halogens is 20. The highest BCUT2D eigenvalue weighted by Crippen LogP contribution is 2.30. The lowest BCUT2D eigenvalue weighted by molar-refractivity contribution is -0.688. The molecule has 0 saturated carbocycles. The zero-order valence-electron chi connectivity index (χ0n) is 30.6. The minimum Gasteiger partial charge on any atom is -0.207 e. The third-order valence-electron chi connectivity index (χ3n) is 9.69. The number of aromatic nitrogens is 1. The lowest BCUT2D eigenvalue weighted by Crippen LogP contribution is -2.81. The van der Waals surface area contributed by atoms with Gasteiger partial charge in [-0.05, 0) is 18.4 Å². The molecule has 1 nitrogen and oxygen atoms in total. The zero-order chi connectivity index (χ0) is 46.3. The smallest absolute Gasteiger partial charge is 0.200 e. The summed E-state index contributed by atoms with van der Waals surface area (Å²) in [6.45, 7) is 3.19. The second kappa shape index (κ2) is 18.1. The number of nitrogens with zero attached hydrogens (tertiary/aromatic N) is 1. The highest BCUT2D eigenvalue weighted by Gasteiger charge is 2.52. The van der Waals surface area contributed by atoms with E-state index in [4.69, 9.17) is 0 Å². The van der Waals surface area contributed by atoms with Gasteiger partial charge in [-0.15, -0.1) is 21.9 Å². The Bertz CT molecular complexity index is 2310. The molecule has 0 amide bonds. The van der Waals surface area contributed by atoms with Crippen LogP contribution in [0.15, 0.2) is 54.9 Å². The number of hydrogen-bond acceptors (Lipinski definition) is 0. The van der Waals surface area contributed by atoms with Crippen molar-refractivity contribution >= 4 is 28.0 Å². The van der Waals surface area contributed by atoms with Crippen molar-refractivity contribution in [2.45, 2.75) is 32.7 Å². The van der Waals surface area contributed by atoms with E-state index >= 15 is 35.1 Å². The lowest BCUT2D eigenvalue weighted by atomic mass is 9.12. The van der Waals surface area contributed by atoms with Crippen LogP contribution in [-0.4, -0.2) is 6.15 Å². The summed E-state index contributed by atoms with van der Waals surface area (Å²) in [6.07, 6.45) is 0.880. The van der Waals surface area contributed by atoms with Gasteiger partial charge in [-0.1, -0.05) is 43.7 Å². The minimum absolute atomic E-state index is 0.953. The van der Waals surface area contributed by atoms with Crippen LogP contribution < -0.4 is 26.4 Å². The number of aryl methyl sites for hydroxylation is 1. The zero-order valence-corrected chi connectivity index (χ0v) is 30.6. The Balaban J connectivity index is 0.000000355. The average molecular weight is 905 g/mol. The molecule has 0 atom stereocenters. The van der Waals surface area contributed by atoms with Crippen molar-refractivity contribution in [1.82, 2.24) is 0 Å². The summed E-state index contributed by atoms with van der Waals surface area (Å²) in [6, 6.07) is 15.0. The maximum atomic E-state index is 15.4. The lowest BCUT2D eigenvalue weighted by Gasteiger charge is -2.44. The van der Waals surface area contributed by atoms with E-state index in [1.165, 1.54) is 30.4 Å². The number of benzene rings is 5. The molecule has 6 rings (SSSR count). The molecule has 0 aliphatic carbocycles. The van der Waals surface area contributed by atoms with E-state index in [-0.39, 0.29) is 0 Å². The second-order valence-corrected chi connectivity index (χ2v) is 13.3. The molecule has 0 fully saturated rings. The van der Waals surface area contributed by atoms with E-state index < -0.39 is 144 Å². The van der Waals surface area contributed by atoms with Crippen LogP contribution in [0, 0.1) is 116 Å². The van der Waals surface area contributed by atoms with Crippen molar-refractivity contribution < 1.29 is 92.4 Å². The molecule has 0 radical (unpaired) electrons. The topological polar surface area (TPSA) is 3.88 Å². The van der Waals surface area contributed by atoms with E-state index in [1.54, 1.807) is 0 Å². The van der Waals surface area contributed by atoms with Crippen LogP contribution in [0.5, 0.6) is 0 Å². The van der Waals surface area contributed by atoms with Crippen molar-refractivity contribution in [2.24, 2.45) is 0 Å². The molecule has 0 unspecified atom stereocenters. The number of pyridine rings is 1. The fourth-order valence-corrected chi connectivity index (χ4v) is 6.81. The van der Waals surface area contributed by atoms with E-state index in [1.807, 2.05) is 0 Å². The molecule has 22 heteroatoms. The number of unbranched alkanes of at least 4 members (excludes halogenated alkanes) is 1. The summed E-state index contributed by atoms with van der Waals surface area (Å²) >= 11 is 0. The van der Waals surface area contributed by atoms with E-state index in [0.29, 0.717) is 0 Å². The van der Waals surface area contributed by atoms with Gasteiger partial charge in [-0.2, -0.15) is 0 Å². The van der Waals surface area contributed by atoms with Crippen LogP contribution in [0.3, 0.4) is 0 Å². The first-order chi connectivity index (χ1) is 29.1. The van der Waals surface area contributed by atoms with Gasteiger partial charge in [-0.3, -0.25) is 0 Å². The quantitative estimate of drug-likeness (QED) is 0.0449. The van der Waals surface area contributed by atoms with Gasteiger partial charge in [0.1, 0.15) is 52.7 Å². The van der Waals surface area contributed by atoms with Crippen LogP contribution in [-0.2, 0) is 13.0 Å². The van der Waals surface area contributed by atoms with Crippen LogP contribution in [0.25, 0.3) is 0 Å². The highest BCUT2D eigenvalue weighted by atomic mass is 19.2. The van der Waals surface area contributed by atoms with Crippen molar-refractivity contribution in [3.05, 3.63) is 182 Å². The van der Waals surface area contributed by atoms with Crippen LogP contribution in [0.4, 0.5) is 87.8 Å². The molecule has 62 heavy (non-hydrogen) atoms. The van der Waals surface area contributed by atoms with Gasteiger partial charge in [0.25, 0.3) is 0 Å². The molecule has 0 N–H and O–H groups in total. The average Bonchev–Trinajstić information content (AvgIpc) is 3.26. The number of rotatable bonds is 9. The fraction of sp³-hybridized carbons (Fsp3) is 0.125. The molecule has 0 bridgehead atoms. The molecular formula is C40H20BF20N. The SMILES string of the molecule is CCCCc1cc[n+](Cc2ccccc2)cc1.Fc1c(F)c(F)c([B-](c2c(F)c(F)c(F)c(F)c2F)(c2c(F)c(F)c(F)c(F)c2F)c2c(F)c(F)c(F)c(F)c2F)c(F)c1F. The predicted molar refractivity (Wildman–Crippen MR) is 180 cm³/mol. The van der Waals surface area contributed by atoms with Gasteiger partial charge in [0, 0.05) is 17.7 Å². The standard InChI is InChI=1S/C24BF20.C16H20N/c26-5-1(6(27)14(35)21(42)13(5)34)25(2-7(28)15(36)22(43)16(37)8(2)29,3-9(30)17(38)23(44)18(39)10(3)31)4-11(32)19(40)24(45)20(41)12(4)33;1-2-3-7-15-10-12-17(13-11-15)14-16-8-5-4-6-9-16/h;4-6,8-13H,2-3,7,14H2,1H3/q-1;+1. The molecule has 6 aromatic rings. The summed E-state index contributed by atoms with van der Waals surface area (Å²) in [5.74, 6) is -71.4. The monoisotopic (exact) mass is 905 g/mol. The molecule has 1 heterocycles. The Hall–Kier alpha value is -6.09. The van der Waals surface area contributed by atoms with Crippen LogP contribution >= 0.6 is 0 Å². The van der Waals surface area contributed by atoms with Gasteiger partial charge in [0.05, 0.1) is 0 Å². The molecule has 0 aliphatic heterocycles. The van der Waals surface area contributed by atoms with Gasteiger partial charge < -0.3 is 0 Å². The maximum Gasteiger partial charge on any atom is 0.200 e. The Labute approximate surface area is 335 Å². The predicted octanol–water partition coefficient (Wildman–Crippen LogP) is 9.21. The largest absolute Gasteiger partial charge is 0.207 e. The maximum absolute atomic E-state index is 15.4. The van der Waals surface area contributed by atoms with Crippen molar-refractivity contribution in [2.75, 3.05) is 0 Å². The summed E-state index contributed by atoms with van der Waals surface area (Å²) in [7, 11) is 0. The van der Waals surface area contributed by atoms with Gasteiger partial charge >= 0.3 is 0 Å². The summed E-state index contributed by atoms with van der Waals surface area (Å²) in [4.78, 5) is 0. The van der Waals surface area contributed by atoms with Gasteiger partial charge in [0.15, 0.2) is 88.7 Å².